The molecule has 1 aromatic carbocycles. The molecule has 4 rings (SSSR count). The standard InChI is InChI=1S/C24H29ClN4O4S2/c1-15-21(34-23(27-15)28-24(2,3)17-9-11-33-12-10-17)16-13-20(22(32-4)26-14-16)35(30,31)29-19-8-6-5-7-18(19)25/h5-8,13-14,17,29H,9-12H2,1-4H3,(H,27,28). The Morgan fingerprint density at radius 3 is 2.63 bits per heavy atom. The molecule has 0 spiro atoms. The lowest BCUT2D eigenvalue weighted by atomic mass is 9.82. The van der Waals surface area contributed by atoms with E-state index in [9.17, 15) is 8.42 Å². The number of hydrogen-bond donors (Lipinski definition) is 2. The average Bonchev–Trinajstić information content (AvgIpc) is 3.19. The summed E-state index contributed by atoms with van der Waals surface area (Å²) in [5.41, 5.74) is 1.54. The number of nitrogens with one attached hydrogen (secondary N) is 2. The topological polar surface area (TPSA) is 102 Å². The quantitative estimate of drug-likeness (QED) is 0.386. The monoisotopic (exact) mass is 536 g/mol. The summed E-state index contributed by atoms with van der Waals surface area (Å²) in [7, 11) is -2.64. The van der Waals surface area contributed by atoms with Crippen LogP contribution in [0.2, 0.25) is 5.02 Å². The first-order valence-electron chi connectivity index (χ1n) is 11.3. The number of aryl methyl sites for hydroxylation is 1. The van der Waals surface area contributed by atoms with Gasteiger partial charge in [-0.15, -0.1) is 0 Å². The van der Waals surface area contributed by atoms with Gasteiger partial charge in [-0.3, -0.25) is 4.72 Å². The van der Waals surface area contributed by atoms with E-state index in [4.69, 9.17) is 26.1 Å². The van der Waals surface area contributed by atoms with Gasteiger partial charge in [0, 0.05) is 30.5 Å². The first kappa shape index (κ1) is 25.7. The highest BCUT2D eigenvalue weighted by Crippen LogP contribution is 2.38. The van der Waals surface area contributed by atoms with Crippen LogP contribution >= 0.6 is 22.9 Å². The van der Waals surface area contributed by atoms with Gasteiger partial charge in [0.1, 0.15) is 4.90 Å². The maximum atomic E-state index is 13.2. The molecular weight excluding hydrogens is 508 g/mol. The van der Waals surface area contributed by atoms with Crippen molar-refractivity contribution in [3.05, 3.63) is 47.2 Å². The van der Waals surface area contributed by atoms with Gasteiger partial charge in [-0.25, -0.2) is 18.4 Å². The number of methoxy groups -OCH3 is 1. The molecule has 0 unspecified atom stereocenters. The third-order valence-corrected chi connectivity index (χ3v) is 8.96. The molecule has 2 aromatic heterocycles. The zero-order valence-corrected chi connectivity index (χ0v) is 22.5. The summed E-state index contributed by atoms with van der Waals surface area (Å²) < 4.78 is 39.8. The van der Waals surface area contributed by atoms with Crippen LogP contribution in [-0.4, -0.2) is 44.2 Å². The van der Waals surface area contributed by atoms with E-state index >= 15 is 0 Å². The molecule has 0 amide bonds. The molecule has 35 heavy (non-hydrogen) atoms. The summed E-state index contributed by atoms with van der Waals surface area (Å²) in [5, 5.41) is 4.66. The molecule has 0 bridgehead atoms. The predicted molar refractivity (Wildman–Crippen MR) is 140 cm³/mol. The van der Waals surface area contributed by atoms with Crippen LogP contribution in [0, 0.1) is 12.8 Å². The Kier molecular flexibility index (Phi) is 7.56. The Morgan fingerprint density at radius 1 is 1.23 bits per heavy atom. The largest absolute Gasteiger partial charge is 0.480 e. The molecule has 0 saturated carbocycles. The molecule has 8 nitrogen and oxygen atoms in total. The Balaban J connectivity index is 1.64. The van der Waals surface area contributed by atoms with E-state index < -0.39 is 10.0 Å². The van der Waals surface area contributed by atoms with Crippen LogP contribution in [0.1, 0.15) is 32.4 Å². The molecule has 0 radical (unpaired) electrons. The van der Waals surface area contributed by atoms with Crippen LogP contribution in [0.4, 0.5) is 10.8 Å². The lowest BCUT2D eigenvalue weighted by Crippen LogP contribution is -2.42. The molecule has 1 aliphatic rings. The molecule has 2 N–H and O–H groups in total. The minimum atomic E-state index is -4.02. The first-order valence-corrected chi connectivity index (χ1v) is 13.9. The molecule has 0 atom stereocenters. The summed E-state index contributed by atoms with van der Waals surface area (Å²) in [5.74, 6) is 0.466. The van der Waals surface area contributed by atoms with Crippen molar-refractivity contribution in [2.24, 2.45) is 5.92 Å². The number of para-hydroxylation sites is 1. The SMILES string of the molecule is COc1ncc(-c2sc(NC(C)(C)C3CCOCC3)nc2C)cc1S(=O)(=O)Nc1ccccc1Cl. The highest BCUT2D eigenvalue weighted by Gasteiger charge is 2.32. The number of nitrogens with zero attached hydrogens (tertiary/aromatic N) is 2. The van der Waals surface area contributed by atoms with E-state index in [1.54, 1.807) is 36.5 Å². The average molecular weight is 537 g/mol. The number of aromatic nitrogens is 2. The molecule has 1 saturated heterocycles. The van der Waals surface area contributed by atoms with Gasteiger partial charge in [0.05, 0.1) is 28.4 Å². The van der Waals surface area contributed by atoms with Crippen molar-refractivity contribution in [1.29, 1.82) is 0 Å². The van der Waals surface area contributed by atoms with Crippen molar-refractivity contribution in [3.63, 3.8) is 0 Å². The summed E-state index contributed by atoms with van der Waals surface area (Å²) >= 11 is 7.63. The van der Waals surface area contributed by atoms with Gasteiger partial charge in [0.25, 0.3) is 10.0 Å². The molecule has 3 heterocycles. The smallest absolute Gasteiger partial charge is 0.267 e. The van der Waals surface area contributed by atoms with Crippen LogP contribution in [0.15, 0.2) is 41.4 Å². The molecule has 11 heteroatoms. The number of rotatable bonds is 8. The fourth-order valence-corrected chi connectivity index (χ4v) is 6.74. The number of anilines is 2. The van der Waals surface area contributed by atoms with Gasteiger partial charge in [-0.2, -0.15) is 0 Å². The Morgan fingerprint density at radius 2 is 1.94 bits per heavy atom. The molecule has 1 aliphatic heterocycles. The maximum Gasteiger partial charge on any atom is 0.267 e. The van der Waals surface area contributed by atoms with Crippen LogP contribution in [0.25, 0.3) is 10.4 Å². The van der Waals surface area contributed by atoms with Crippen molar-refractivity contribution >= 4 is 43.8 Å². The minimum Gasteiger partial charge on any atom is -0.480 e. The van der Waals surface area contributed by atoms with Crippen LogP contribution in [-0.2, 0) is 14.8 Å². The first-order chi connectivity index (χ1) is 16.6. The summed E-state index contributed by atoms with van der Waals surface area (Å²) in [6.07, 6.45) is 3.60. The number of hydrogen-bond acceptors (Lipinski definition) is 8. The van der Waals surface area contributed by atoms with Gasteiger partial charge in [-0.1, -0.05) is 35.1 Å². The summed E-state index contributed by atoms with van der Waals surface area (Å²) in [4.78, 5) is 9.74. The highest BCUT2D eigenvalue weighted by atomic mass is 35.5. The fraction of sp³-hybridized carbons (Fsp3) is 0.417. The second-order valence-electron chi connectivity index (χ2n) is 8.98. The van der Waals surface area contributed by atoms with E-state index in [1.165, 1.54) is 18.4 Å². The number of benzene rings is 1. The predicted octanol–water partition coefficient (Wildman–Crippen LogP) is 5.59. The molecular formula is C24H29ClN4O4S2. The fourth-order valence-electron chi connectivity index (χ4n) is 4.16. The Hall–Kier alpha value is -2.40. The lowest BCUT2D eigenvalue weighted by Gasteiger charge is -2.37. The van der Waals surface area contributed by atoms with Crippen molar-refractivity contribution in [2.75, 3.05) is 30.4 Å². The third kappa shape index (κ3) is 5.72. The van der Waals surface area contributed by atoms with Crippen molar-refractivity contribution in [2.45, 2.75) is 44.0 Å². The number of halogens is 1. The highest BCUT2D eigenvalue weighted by molar-refractivity contribution is 7.92. The number of ether oxygens (including phenoxy) is 2. The molecule has 3 aromatic rings. The maximum absolute atomic E-state index is 13.2. The van der Waals surface area contributed by atoms with Crippen molar-refractivity contribution < 1.29 is 17.9 Å². The van der Waals surface area contributed by atoms with Crippen LogP contribution < -0.4 is 14.8 Å². The van der Waals surface area contributed by atoms with Gasteiger partial charge in [-0.05, 0) is 57.7 Å². The van der Waals surface area contributed by atoms with E-state index in [2.05, 4.69) is 28.9 Å². The third-order valence-electron chi connectivity index (χ3n) is 6.15. The van der Waals surface area contributed by atoms with Crippen molar-refractivity contribution in [1.82, 2.24) is 9.97 Å². The summed E-state index contributed by atoms with van der Waals surface area (Å²) in [6.45, 7) is 7.81. The summed E-state index contributed by atoms with van der Waals surface area (Å²) in [6, 6.07) is 8.19. The van der Waals surface area contributed by atoms with Gasteiger partial charge in [0.2, 0.25) is 5.88 Å². The zero-order valence-electron chi connectivity index (χ0n) is 20.1. The number of sulfonamides is 1. The second-order valence-corrected chi connectivity index (χ2v) is 12.0. The normalized spacial score (nSPS) is 15.1. The Labute approximate surface area is 215 Å². The van der Waals surface area contributed by atoms with E-state index in [-0.39, 0.29) is 22.0 Å². The number of thiazole rings is 1. The van der Waals surface area contributed by atoms with E-state index in [1.807, 2.05) is 6.92 Å². The second kappa shape index (κ2) is 10.3. The molecule has 188 valence electrons. The number of pyridine rings is 1. The van der Waals surface area contributed by atoms with E-state index in [0.717, 1.165) is 41.8 Å². The van der Waals surface area contributed by atoms with Gasteiger partial charge < -0.3 is 14.8 Å². The van der Waals surface area contributed by atoms with Gasteiger partial charge in [0.15, 0.2) is 5.13 Å². The zero-order chi connectivity index (χ0) is 25.2. The molecule has 1 fully saturated rings. The lowest BCUT2D eigenvalue weighted by molar-refractivity contribution is 0.0491. The van der Waals surface area contributed by atoms with Crippen molar-refractivity contribution in [3.8, 4) is 16.3 Å². The minimum absolute atomic E-state index is 0.00512. The van der Waals surface area contributed by atoms with E-state index in [0.29, 0.717) is 16.5 Å². The van der Waals surface area contributed by atoms with Crippen LogP contribution in [0.5, 0.6) is 5.88 Å². The Bertz CT molecular complexity index is 1300. The van der Waals surface area contributed by atoms with Gasteiger partial charge >= 0.3 is 0 Å². The molecule has 0 aliphatic carbocycles. The van der Waals surface area contributed by atoms with Crippen LogP contribution in [0.3, 0.4) is 0 Å².